The number of hydrogen-bond donors (Lipinski definition) is 2. The second-order valence-electron chi connectivity index (χ2n) is 4.04. The lowest BCUT2D eigenvalue weighted by Gasteiger charge is -2.08. The van der Waals surface area contributed by atoms with Gasteiger partial charge in [0.25, 0.3) is 0 Å². The summed E-state index contributed by atoms with van der Waals surface area (Å²) in [7, 11) is 1.61. The zero-order valence-corrected chi connectivity index (χ0v) is 11.5. The summed E-state index contributed by atoms with van der Waals surface area (Å²) >= 11 is -0.197. The predicted octanol–water partition coefficient (Wildman–Crippen LogP) is 4.61. The molecular formula is C13H12F3NO2S. The van der Waals surface area contributed by atoms with Crippen LogP contribution in [0, 0.1) is 6.92 Å². The van der Waals surface area contributed by atoms with Gasteiger partial charge in [-0.25, -0.2) is 0 Å². The third-order valence-corrected chi connectivity index (χ3v) is 3.36. The highest BCUT2D eigenvalue weighted by atomic mass is 32.2. The molecule has 1 heterocycles. The van der Waals surface area contributed by atoms with Gasteiger partial charge in [-0.2, -0.15) is 13.2 Å². The number of benzene rings is 1. The minimum absolute atomic E-state index is 0.0512. The lowest BCUT2D eigenvalue weighted by atomic mass is 10.1. The van der Waals surface area contributed by atoms with Gasteiger partial charge >= 0.3 is 5.51 Å². The maximum atomic E-state index is 12.4. The van der Waals surface area contributed by atoms with Crippen LogP contribution in [-0.4, -0.2) is 17.7 Å². The van der Waals surface area contributed by atoms with E-state index in [0.717, 1.165) is 0 Å². The predicted molar refractivity (Wildman–Crippen MR) is 72.0 cm³/mol. The van der Waals surface area contributed by atoms with Gasteiger partial charge in [-0.05, 0) is 36.4 Å². The van der Waals surface area contributed by atoms with Crippen LogP contribution in [0.25, 0.3) is 11.1 Å². The Morgan fingerprint density at radius 3 is 2.60 bits per heavy atom. The number of halogens is 3. The summed E-state index contributed by atoms with van der Waals surface area (Å²) in [6.45, 7) is 1.58. The van der Waals surface area contributed by atoms with Crippen LogP contribution in [-0.2, 0) is 0 Å². The molecule has 0 aliphatic carbocycles. The molecule has 2 rings (SSSR count). The average Bonchev–Trinajstić information content (AvgIpc) is 2.63. The maximum Gasteiger partial charge on any atom is 0.446 e. The minimum Gasteiger partial charge on any atom is -0.504 e. The van der Waals surface area contributed by atoms with Crippen molar-refractivity contribution in [1.82, 2.24) is 0 Å². The summed E-state index contributed by atoms with van der Waals surface area (Å²) in [5.41, 5.74) is -3.54. The van der Waals surface area contributed by atoms with E-state index in [1.54, 1.807) is 20.0 Å². The second kappa shape index (κ2) is 5.32. The summed E-state index contributed by atoms with van der Waals surface area (Å²) in [6, 6.07) is 5.85. The maximum absolute atomic E-state index is 12.4. The van der Waals surface area contributed by atoms with Gasteiger partial charge in [-0.1, -0.05) is 12.1 Å². The molecule has 0 amide bonds. The molecule has 0 bridgehead atoms. The van der Waals surface area contributed by atoms with E-state index in [1.807, 2.05) is 0 Å². The molecule has 0 radical (unpaired) electrons. The molecule has 0 fully saturated rings. The first-order valence-electron chi connectivity index (χ1n) is 5.68. The van der Waals surface area contributed by atoms with E-state index < -0.39 is 5.51 Å². The Bertz CT molecular complexity index is 623. The van der Waals surface area contributed by atoms with Crippen molar-refractivity contribution < 1.29 is 22.7 Å². The summed E-state index contributed by atoms with van der Waals surface area (Å²) < 4.78 is 42.5. The summed E-state index contributed by atoms with van der Waals surface area (Å²) in [4.78, 5) is 0.0512. The molecule has 1 aromatic heterocycles. The van der Waals surface area contributed by atoms with Crippen molar-refractivity contribution in [2.45, 2.75) is 17.3 Å². The van der Waals surface area contributed by atoms with Gasteiger partial charge in [-0.15, -0.1) is 0 Å². The molecule has 0 aliphatic rings. The molecule has 7 heteroatoms. The molecule has 0 unspecified atom stereocenters. The van der Waals surface area contributed by atoms with Gasteiger partial charge in [0.05, 0.1) is 5.56 Å². The number of anilines is 1. The topological polar surface area (TPSA) is 45.4 Å². The Morgan fingerprint density at radius 1 is 1.30 bits per heavy atom. The molecule has 0 saturated heterocycles. The van der Waals surface area contributed by atoms with Crippen molar-refractivity contribution >= 4 is 17.6 Å². The molecule has 20 heavy (non-hydrogen) atoms. The average molecular weight is 303 g/mol. The number of aryl methyl sites for hydroxylation is 1. The van der Waals surface area contributed by atoms with Gasteiger partial charge in [0, 0.05) is 11.9 Å². The van der Waals surface area contributed by atoms with Crippen molar-refractivity contribution in [2.75, 3.05) is 12.4 Å². The number of furan rings is 1. The van der Waals surface area contributed by atoms with Crippen molar-refractivity contribution in [3.63, 3.8) is 0 Å². The van der Waals surface area contributed by atoms with Gasteiger partial charge in [0.15, 0.2) is 5.75 Å². The Kier molecular flexibility index (Phi) is 3.89. The van der Waals surface area contributed by atoms with Crippen LogP contribution in [0.1, 0.15) is 5.76 Å². The lowest BCUT2D eigenvalue weighted by Crippen LogP contribution is -1.98. The van der Waals surface area contributed by atoms with Crippen molar-refractivity contribution in [3.8, 4) is 16.9 Å². The highest BCUT2D eigenvalue weighted by Gasteiger charge is 2.29. The summed E-state index contributed by atoms with van der Waals surface area (Å²) in [5, 5.41) is 12.7. The Balaban J connectivity index is 2.46. The van der Waals surface area contributed by atoms with Crippen LogP contribution in [0.5, 0.6) is 5.75 Å². The monoisotopic (exact) mass is 303 g/mol. The van der Waals surface area contributed by atoms with E-state index >= 15 is 0 Å². The van der Waals surface area contributed by atoms with Crippen LogP contribution in [0.15, 0.2) is 33.6 Å². The second-order valence-corrected chi connectivity index (χ2v) is 5.18. The van der Waals surface area contributed by atoms with Crippen LogP contribution >= 0.6 is 11.8 Å². The van der Waals surface area contributed by atoms with E-state index in [9.17, 15) is 18.3 Å². The quantitative estimate of drug-likeness (QED) is 0.813. The van der Waals surface area contributed by atoms with Crippen LogP contribution in [0.4, 0.5) is 19.1 Å². The first-order chi connectivity index (χ1) is 9.31. The van der Waals surface area contributed by atoms with Crippen molar-refractivity contribution in [2.24, 2.45) is 0 Å². The third kappa shape index (κ3) is 3.04. The standard InChI is InChI=1S/C13H12F3NO2S/c1-7-11(18)10(12(17-2)19-7)8-4-3-5-9(6-8)20-13(14,15)16/h3-6,17-18H,1-2H3. The summed E-state index contributed by atoms with van der Waals surface area (Å²) in [6.07, 6.45) is 0. The summed E-state index contributed by atoms with van der Waals surface area (Å²) in [5.74, 6) is 0.538. The zero-order valence-electron chi connectivity index (χ0n) is 10.7. The number of alkyl halides is 3. The number of rotatable bonds is 3. The first-order valence-corrected chi connectivity index (χ1v) is 6.49. The molecular weight excluding hydrogens is 291 g/mol. The first kappa shape index (κ1) is 14.6. The van der Waals surface area contributed by atoms with Crippen molar-refractivity contribution in [3.05, 3.63) is 30.0 Å². The fourth-order valence-electron chi connectivity index (χ4n) is 1.83. The fraction of sp³-hybridized carbons (Fsp3) is 0.231. The molecule has 0 aliphatic heterocycles. The van der Waals surface area contributed by atoms with Crippen molar-refractivity contribution in [1.29, 1.82) is 0 Å². The highest BCUT2D eigenvalue weighted by molar-refractivity contribution is 8.00. The van der Waals surface area contributed by atoms with Gasteiger partial charge in [0.1, 0.15) is 5.76 Å². The number of nitrogens with one attached hydrogen (secondary N) is 1. The molecule has 108 valence electrons. The smallest absolute Gasteiger partial charge is 0.446 e. The minimum atomic E-state index is -4.35. The molecule has 1 aromatic carbocycles. The molecule has 0 spiro atoms. The van der Waals surface area contributed by atoms with Crippen LogP contribution < -0.4 is 5.32 Å². The Hall–Kier alpha value is -1.76. The van der Waals surface area contributed by atoms with E-state index in [4.69, 9.17) is 4.42 Å². The molecule has 2 N–H and O–H groups in total. The van der Waals surface area contributed by atoms with Gasteiger partial charge in [-0.3, -0.25) is 0 Å². The highest BCUT2D eigenvalue weighted by Crippen LogP contribution is 2.43. The normalized spacial score (nSPS) is 11.7. The third-order valence-electron chi connectivity index (χ3n) is 2.64. The lowest BCUT2D eigenvalue weighted by molar-refractivity contribution is -0.0328. The number of hydrogen-bond acceptors (Lipinski definition) is 4. The molecule has 0 atom stereocenters. The van der Waals surface area contributed by atoms with E-state index in [2.05, 4.69) is 5.32 Å². The van der Waals surface area contributed by atoms with E-state index in [0.29, 0.717) is 22.8 Å². The molecule has 2 aromatic rings. The van der Waals surface area contributed by atoms with Crippen LogP contribution in [0.2, 0.25) is 0 Å². The largest absolute Gasteiger partial charge is 0.504 e. The van der Waals surface area contributed by atoms with Gasteiger partial charge < -0.3 is 14.8 Å². The molecule has 3 nitrogen and oxygen atoms in total. The van der Waals surface area contributed by atoms with Gasteiger partial charge in [0.2, 0.25) is 5.88 Å². The van der Waals surface area contributed by atoms with E-state index in [-0.39, 0.29) is 22.4 Å². The fourth-order valence-corrected chi connectivity index (χ4v) is 2.43. The van der Waals surface area contributed by atoms with E-state index in [1.165, 1.54) is 18.2 Å². The number of thioether (sulfide) groups is 1. The molecule has 0 saturated carbocycles. The SMILES string of the molecule is CNc1oc(C)c(O)c1-c1cccc(SC(F)(F)F)c1. The zero-order chi connectivity index (χ0) is 14.9. The Morgan fingerprint density at radius 2 is 2.00 bits per heavy atom. The Labute approximate surface area is 117 Å². The van der Waals surface area contributed by atoms with Crippen LogP contribution in [0.3, 0.4) is 0 Å². The number of aromatic hydroxyl groups is 1.